The smallest absolute Gasteiger partial charge is 0.226 e. The van der Waals surface area contributed by atoms with Crippen molar-refractivity contribution in [2.24, 2.45) is 50.7 Å². The number of ketones is 2. The van der Waals surface area contributed by atoms with Crippen molar-refractivity contribution in [3.63, 3.8) is 0 Å². The Morgan fingerprint density at radius 2 is 1.80 bits per heavy atom. The van der Waals surface area contributed by atoms with E-state index in [1.165, 1.54) is 0 Å². The standard InChI is InChI=1S/C33H44N4O3/c1-20-9-12-32(17-37-19-35-18-36-37)14-13-31(7)30(6)11-10-23-28(3,4)27(39)22(34-8)16-29(23,5)24(30)15-25(38)33(31,40)26(32)21(20)2/h15-16,18-21,23,26,40H,9-14,17H2,1-7H3/t20-,21+,23+,26-,29+,30-,31+,32-,33?/m1/s1. The van der Waals surface area contributed by atoms with Crippen molar-refractivity contribution in [1.82, 2.24) is 14.8 Å². The molecular formula is C33H44N4O3. The molecule has 1 aromatic rings. The summed E-state index contributed by atoms with van der Waals surface area (Å²) in [6.07, 6.45) is 12.2. The third-order valence-electron chi connectivity index (χ3n) is 13.5. The molecule has 1 N–H and O–H groups in total. The molecule has 40 heavy (non-hydrogen) atoms. The number of carbonyl (C=O) groups excluding carboxylic acids is 2. The van der Waals surface area contributed by atoms with E-state index in [4.69, 9.17) is 6.57 Å². The fourth-order valence-electron chi connectivity index (χ4n) is 11.0. The summed E-state index contributed by atoms with van der Waals surface area (Å²) in [7, 11) is 0. The Morgan fingerprint density at radius 3 is 2.45 bits per heavy atom. The summed E-state index contributed by atoms with van der Waals surface area (Å²) in [6, 6.07) is 0. The van der Waals surface area contributed by atoms with Crippen LogP contribution < -0.4 is 0 Å². The van der Waals surface area contributed by atoms with Crippen LogP contribution in [0.2, 0.25) is 0 Å². The highest BCUT2D eigenvalue weighted by atomic mass is 16.3. The van der Waals surface area contributed by atoms with E-state index in [1.54, 1.807) is 18.7 Å². The number of aliphatic hydroxyl groups is 1. The van der Waals surface area contributed by atoms with E-state index in [2.05, 4.69) is 49.5 Å². The summed E-state index contributed by atoms with van der Waals surface area (Å²) < 4.78 is 1.89. The van der Waals surface area contributed by atoms with Crippen LogP contribution >= 0.6 is 0 Å². The fourth-order valence-corrected chi connectivity index (χ4v) is 11.0. The highest BCUT2D eigenvalue weighted by Gasteiger charge is 2.76. The van der Waals surface area contributed by atoms with Crippen molar-refractivity contribution in [3.05, 3.63) is 47.5 Å². The van der Waals surface area contributed by atoms with Crippen LogP contribution in [-0.2, 0) is 16.1 Å². The number of hydrogen-bond donors (Lipinski definition) is 1. The number of Topliss-reactive ketones (excluding diaryl/α,β-unsaturated/α-hetero) is 1. The molecule has 5 aliphatic rings. The van der Waals surface area contributed by atoms with Crippen molar-refractivity contribution >= 4 is 11.6 Å². The molecule has 5 aliphatic carbocycles. The zero-order valence-corrected chi connectivity index (χ0v) is 25.1. The van der Waals surface area contributed by atoms with E-state index >= 15 is 0 Å². The van der Waals surface area contributed by atoms with Crippen molar-refractivity contribution < 1.29 is 14.7 Å². The minimum absolute atomic E-state index is 0.0106. The highest BCUT2D eigenvalue weighted by molar-refractivity contribution is 6.04. The van der Waals surface area contributed by atoms with Gasteiger partial charge in [-0.15, -0.1) is 0 Å². The molecule has 1 unspecified atom stereocenters. The number of allylic oxidation sites excluding steroid dienone is 3. The molecule has 0 saturated heterocycles. The van der Waals surface area contributed by atoms with E-state index in [0.29, 0.717) is 12.5 Å². The van der Waals surface area contributed by atoms with Gasteiger partial charge in [0.1, 0.15) is 18.3 Å². The van der Waals surface area contributed by atoms with Crippen molar-refractivity contribution in [2.75, 3.05) is 0 Å². The molecule has 3 saturated carbocycles. The molecule has 7 nitrogen and oxygen atoms in total. The lowest BCUT2D eigenvalue weighted by Crippen LogP contribution is -2.75. The van der Waals surface area contributed by atoms with Gasteiger partial charge in [0.05, 0.1) is 6.57 Å². The van der Waals surface area contributed by atoms with E-state index in [1.807, 2.05) is 24.6 Å². The van der Waals surface area contributed by atoms with Gasteiger partial charge in [0, 0.05) is 28.7 Å². The van der Waals surface area contributed by atoms with Crippen LogP contribution in [0.3, 0.4) is 0 Å². The van der Waals surface area contributed by atoms with Crippen LogP contribution in [0.4, 0.5) is 0 Å². The largest absolute Gasteiger partial charge is 0.381 e. The maximum Gasteiger partial charge on any atom is 0.226 e. The third kappa shape index (κ3) is 3.04. The Kier molecular flexibility index (Phi) is 5.68. The zero-order valence-electron chi connectivity index (χ0n) is 25.1. The molecule has 0 radical (unpaired) electrons. The molecule has 0 bridgehead atoms. The molecule has 0 aromatic carbocycles. The minimum Gasteiger partial charge on any atom is -0.381 e. The van der Waals surface area contributed by atoms with Crippen LogP contribution in [-0.4, -0.2) is 37.0 Å². The number of hydrogen-bond acceptors (Lipinski definition) is 5. The number of aromatic nitrogens is 3. The Labute approximate surface area is 238 Å². The maximum absolute atomic E-state index is 14.7. The Morgan fingerprint density at radius 1 is 1.07 bits per heavy atom. The zero-order chi connectivity index (χ0) is 29.1. The van der Waals surface area contributed by atoms with Gasteiger partial charge in [0.2, 0.25) is 5.70 Å². The predicted octanol–water partition coefficient (Wildman–Crippen LogP) is 5.82. The predicted molar refractivity (Wildman–Crippen MR) is 151 cm³/mol. The van der Waals surface area contributed by atoms with Crippen LogP contribution in [0.25, 0.3) is 4.85 Å². The van der Waals surface area contributed by atoms with Crippen LogP contribution in [0.1, 0.15) is 87.0 Å². The van der Waals surface area contributed by atoms with E-state index < -0.39 is 27.3 Å². The molecular weight excluding hydrogens is 500 g/mol. The second-order valence-electron chi connectivity index (χ2n) is 15.2. The average molecular weight is 545 g/mol. The molecule has 1 heterocycles. The molecule has 0 aliphatic heterocycles. The van der Waals surface area contributed by atoms with Gasteiger partial charge >= 0.3 is 0 Å². The van der Waals surface area contributed by atoms with E-state index in [-0.39, 0.29) is 40.4 Å². The summed E-state index contributed by atoms with van der Waals surface area (Å²) in [6.45, 7) is 23.4. The lowest BCUT2D eigenvalue weighted by molar-refractivity contribution is -0.255. The highest BCUT2D eigenvalue weighted by Crippen LogP contribution is 2.75. The SMILES string of the molecule is [C-]#[N+]C1=C[C@]2(C)C3=CC(=O)C4(O)[C@@H]5[C@@H](C)[C@H](C)CC[C@]5(Cn5cncn5)CC[C@@]4(C)[C@]3(C)CC[C@H]2C(C)(C)C1=O. The molecule has 9 atom stereocenters. The number of fused-ring (bicyclic) bond motifs is 7. The third-order valence-corrected chi connectivity index (χ3v) is 13.5. The Balaban J connectivity index is 1.56. The van der Waals surface area contributed by atoms with E-state index in [9.17, 15) is 14.7 Å². The van der Waals surface area contributed by atoms with Gasteiger partial charge in [-0.2, -0.15) is 5.10 Å². The van der Waals surface area contributed by atoms with Gasteiger partial charge < -0.3 is 9.90 Å². The van der Waals surface area contributed by atoms with Gasteiger partial charge in [-0.25, -0.2) is 9.83 Å². The van der Waals surface area contributed by atoms with Gasteiger partial charge in [-0.1, -0.05) is 60.1 Å². The first-order chi connectivity index (χ1) is 18.6. The summed E-state index contributed by atoms with van der Waals surface area (Å²) in [5.74, 6) is 0.0524. The monoisotopic (exact) mass is 544 g/mol. The molecule has 0 amide bonds. The van der Waals surface area contributed by atoms with Crippen molar-refractivity contribution in [2.45, 2.75) is 99.1 Å². The maximum atomic E-state index is 14.7. The normalized spacial score (nSPS) is 47.6. The Bertz CT molecular complexity index is 1390. The topological polar surface area (TPSA) is 89.4 Å². The fraction of sp³-hybridized carbons (Fsp3) is 0.727. The van der Waals surface area contributed by atoms with Crippen LogP contribution in [0.5, 0.6) is 0 Å². The average Bonchev–Trinajstić information content (AvgIpc) is 3.40. The Hall–Kier alpha value is -2.59. The summed E-state index contributed by atoms with van der Waals surface area (Å²) in [5.41, 5.74) is -3.03. The van der Waals surface area contributed by atoms with Gasteiger partial charge in [-0.3, -0.25) is 9.48 Å². The van der Waals surface area contributed by atoms with Crippen molar-refractivity contribution in [1.29, 1.82) is 0 Å². The summed E-state index contributed by atoms with van der Waals surface area (Å²) >= 11 is 0. The van der Waals surface area contributed by atoms with E-state index in [0.717, 1.165) is 44.1 Å². The first kappa shape index (κ1) is 27.6. The lowest BCUT2D eigenvalue weighted by atomic mass is 9.32. The molecule has 214 valence electrons. The number of nitrogens with zero attached hydrogens (tertiary/aromatic N) is 4. The van der Waals surface area contributed by atoms with Gasteiger partial charge in [0.25, 0.3) is 0 Å². The minimum atomic E-state index is -1.52. The van der Waals surface area contributed by atoms with Gasteiger partial charge in [-0.05, 0) is 73.2 Å². The second-order valence-corrected chi connectivity index (χ2v) is 15.2. The van der Waals surface area contributed by atoms with Crippen LogP contribution in [0.15, 0.2) is 36.1 Å². The molecule has 1 aromatic heterocycles. The molecule has 6 rings (SSSR count). The number of carbonyl (C=O) groups is 2. The number of rotatable bonds is 2. The first-order valence-corrected chi connectivity index (χ1v) is 15.1. The van der Waals surface area contributed by atoms with Gasteiger partial charge in [0.15, 0.2) is 11.6 Å². The quantitative estimate of drug-likeness (QED) is 0.474. The summed E-state index contributed by atoms with van der Waals surface area (Å²) in [5, 5.41) is 17.6. The molecule has 3 fully saturated rings. The van der Waals surface area contributed by atoms with Crippen LogP contribution in [0, 0.1) is 57.3 Å². The second kappa shape index (κ2) is 8.25. The molecule has 0 spiro atoms. The molecule has 7 heteroatoms. The summed E-state index contributed by atoms with van der Waals surface area (Å²) in [4.78, 5) is 35.8. The lowest BCUT2D eigenvalue weighted by Gasteiger charge is -2.72. The van der Waals surface area contributed by atoms with Crippen molar-refractivity contribution in [3.8, 4) is 0 Å². The first-order valence-electron chi connectivity index (χ1n) is 15.1.